The second-order valence-electron chi connectivity index (χ2n) is 6.04. The molecule has 1 N–H and O–H groups in total. The van der Waals surface area contributed by atoms with Crippen LogP contribution in [0.25, 0.3) is 5.65 Å². The van der Waals surface area contributed by atoms with Gasteiger partial charge in [0, 0.05) is 44.0 Å². The maximum Gasteiger partial charge on any atom is 0.272 e. The summed E-state index contributed by atoms with van der Waals surface area (Å²) in [5, 5.41) is 7.35. The second-order valence-corrected chi connectivity index (χ2v) is 6.04. The van der Waals surface area contributed by atoms with Gasteiger partial charge in [-0.25, -0.2) is 14.5 Å². The number of nitrogens with zero attached hydrogens (tertiary/aromatic N) is 5. The SMILES string of the molecule is CCn1ccnc1[C@@H]1OCCC[C@H]1NC(=O)c1cc2ncccn2n1. The summed E-state index contributed by atoms with van der Waals surface area (Å²) in [6, 6.07) is 3.32. The van der Waals surface area contributed by atoms with Crippen LogP contribution in [-0.2, 0) is 11.3 Å². The molecule has 25 heavy (non-hydrogen) atoms. The Morgan fingerprint density at radius 1 is 1.36 bits per heavy atom. The molecule has 4 heterocycles. The van der Waals surface area contributed by atoms with E-state index in [1.54, 1.807) is 35.2 Å². The molecular formula is C17H20N6O2. The molecule has 2 atom stereocenters. The zero-order valence-electron chi connectivity index (χ0n) is 14.0. The molecule has 0 aromatic carbocycles. The monoisotopic (exact) mass is 340 g/mol. The van der Waals surface area contributed by atoms with Gasteiger partial charge in [0.2, 0.25) is 0 Å². The van der Waals surface area contributed by atoms with Gasteiger partial charge in [-0.05, 0) is 25.8 Å². The predicted octanol–water partition coefficient (Wildman–Crippen LogP) is 1.60. The first-order chi connectivity index (χ1) is 12.3. The van der Waals surface area contributed by atoms with Crippen molar-refractivity contribution >= 4 is 11.6 Å². The largest absolute Gasteiger partial charge is 0.368 e. The maximum atomic E-state index is 12.7. The third kappa shape index (κ3) is 3.00. The van der Waals surface area contributed by atoms with E-state index in [2.05, 4.69) is 27.3 Å². The van der Waals surface area contributed by atoms with Crippen molar-refractivity contribution in [3.63, 3.8) is 0 Å². The number of ether oxygens (including phenoxy) is 1. The van der Waals surface area contributed by atoms with Crippen LogP contribution in [0.15, 0.2) is 36.9 Å². The number of carbonyl (C=O) groups excluding carboxylic acids is 1. The second kappa shape index (κ2) is 6.64. The normalized spacial score (nSPS) is 20.7. The number of hydrogen-bond acceptors (Lipinski definition) is 5. The van der Waals surface area contributed by atoms with Gasteiger partial charge in [0.1, 0.15) is 11.9 Å². The summed E-state index contributed by atoms with van der Waals surface area (Å²) in [5.41, 5.74) is 0.993. The number of aryl methyl sites for hydroxylation is 1. The molecule has 1 amide bonds. The van der Waals surface area contributed by atoms with Crippen molar-refractivity contribution < 1.29 is 9.53 Å². The van der Waals surface area contributed by atoms with Gasteiger partial charge in [-0.1, -0.05) is 0 Å². The van der Waals surface area contributed by atoms with Crippen LogP contribution in [0.5, 0.6) is 0 Å². The summed E-state index contributed by atoms with van der Waals surface area (Å²) in [6.07, 6.45) is 8.64. The molecule has 8 heteroatoms. The fraction of sp³-hybridized carbons (Fsp3) is 0.412. The van der Waals surface area contributed by atoms with E-state index in [4.69, 9.17) is 4.74 Å². The van der Waals surface area contributed by atoms with Crippen molar-refractivity contribution in [3.8, 4) is 0 Å². The summed E-state index contributed by atoms with van der Waals surface area (Å²) in [4.78, 5) is 21.3. The fourth-order valence-electron chi connectivity index (χ4n) is 3.21. The topological polar surface area (TPSA) is 86.3 Å². The number of amides is 1. The van der Waals surface area contributed by atoms with Crippen molar-refractivity contribution in [2.24, 2.45) is 0 Å². The lowest BCUT2D eigenvalue weighted by molar-refractivity contribution is -0.0163. The van der Waals surface area contributed by atoms with Crippen LogP contribution < -0.4 is 5.32 Å². The lowest BCUT2D eigenvalue weighted by Gasteiger charge is -2.32. The van der Waals surface area contributed by atoms with E-state index < -0.39 is 0 Å². The Kier molecular flexibility index (Phi) is 4.19. The number of fused-ring (bicyclic) bond motifs is 1. The van der Waals surface area contributed by atoms with Crippen molar-refractivity contribution in [1.82, 2.24) is 29.5 Å². The van der Waals surface area contributed by atoms with Gasteiger partial charge in [0.05, 0.1) is 6.04 Å². The standard InChI is InChI=1S/C17H20N6O2/c1-2-22-9-7-19-16(22)15-12(5-3-10-25-15)20-17(24)13-11-14-18-6-4-8-23(14)21-13/h4,6-9,11-12,15H,2-3,5,10H2,1H3,(H,20,24)/t12-,15-/m1/s1. The number of carbonyl (C=O) groups is 1. The zero-order chi connectivity index (χ0) is 17.2. The van der Waals surface area contributed by atoms with Gasteiger partial charge >= 0.3 is 0 Å². The summed E-state index contributed by atoms with van der Waals surface area (Å²) < 4.78 is 9.57. The van der Waals surface area contributed by atoms with Crippen LogP contribution in [0.4, 0.5) is 0 Å². The van der Waals surface area contributed by atoms with Gasteiger partial charge < -0.3 is 14.6 Å². The molecule has 0 saturated carbocycles. The van der Waals surface area contributed by atoms with E-state index in [1.807, 2.05) is 10.8 Å². The van der Waals surface area contributed by atoms with Crippen molar-refractivity contribution in [2.75, 3.05) is 6.61 Å². The van der Waals surface area contributed by atoms with E-state index in [0.29, 0.717) is 17.9 Å². The fourth-order valence-corrected chi connectivity index (χ4v) is 3.21. The van der Waals surface area contributed by atoms with Crippen LogP contribution in [0.3, 0.4) is 0 Å². The van der Waals surface area contributed by atoms with Crippen LogP contribution in [0.2, 0.25) is 0 Å². The molecule has 1 aliphatic rings. The van der Waals surface area contributed by atoms with Crippen molar-refractivity contribution in [3.05, 3.63) is 48.4 Å². The minimum Gasteiger partial charge on any atom is -0.368 e. The Balaban J connectivity index is 1.55. The molecule has 4 rings (SSSR count). The smallest absolute Gasteiger partial charge is 0.272 e. The van der Waals surface area contributed by atoms with Crippen LogP contribution in [0, 0.1) is 0 Å². The molecule has 3 aromatic heterocycles. The minimum absolute atomic E-state index is 0.133. The molecule has 1 saturated heterocycles. The Labute approximate surface area is 144 Å². The molecule has 0 bridgehead atoms. The van der Waals surface area contributed by atoms with E-state index in [1.165, 1.54) is 0 Å². The summed E-state index contributed by atoms with van der Waals surface area (Å²) in [6.45, 7) is 3.55. The lowest BCUT2D eigenvalue weighted by atomic mass is 10.0. The maximum absolute atomic E-state index is 12.7. The van der Waals surface area contributed by atoms with Crippen molar-refractivity contribution in [2.45, 2.75) is 38.5 Å². The number of aromatic nitrogens is 5. The molecule has 1 aliphatic heterocycles. The van der Waals surface area contributed by atoms with Gasteiger partial charge in [0.15, 0.2) is 11.3 Å². The van der Waals surface area contributed by atoms with E-state index >= 15 is 0 Å². The Morgan fingerprint density at radius 3 is 3.12 bits per heavy atom. The molecule has 0 spiro atoms. The van der Waals surface area contributed by atoms with E-state index in [9.17, 15) is 4.79 Å². The zero-order valence-corrected chi connectivity index (χ0v) is 14.0. The molecule has 0 aliphatic carbocycles. The molecule has 0 radical (unpaired) electrons. The highest BCUT2D eigenvalue weighted by molar-refractivity contribution is 5.93. The molecule has 130 valence electrons. The Morgan fingerprint density at radius 2 is 2.28 bits per heavy atom. The van der Waals surface area contributed by atoms with Crippen molar-refractivity contribution in [1.29, 1.82) is 0 Å². The lowest BCUT2D eigenvalue weighted by Crippen LogP contribution is -2.43. The minimum atomic E-state index is -0.247. The average Bonchev–Trinajstić information content (AvgIpc) is 3.28. The molecule has 3 aromatic rings. The summed E-state index contributed by atoms with van der Waals surface area (Å²) in [7, 11) is 0. The summed E-state index contributed by atoms with van der Waals surface area (Å²) in [5.74, 6) is 0.629. The first-order valence-electron chi connectivity index (χ1n) is 8.50. The first-order valence-corrected chi connectivity index (χ1v) is 8.50. The highest BCUT2D eigenvalue weighted by Gasteiger charge is 2.32. The molecule has 1 fully saturated rings. The third-order valence-electron chi connectivity index (χ3n) is 4.45. The third-order valence-corrected chi connectivity index (χ3v) is 4.45. The van der Waals surface area contributed by atoms with Crippen LogP contribution in [-0.4, -0.2) is 42.7 Å². The highest BCUT2D eigenvalue weighted by atomic mass is 16.5. The molecular weight excluding hydrogens is 320 g/mol. The quantitative estimate of drug-likeness (QED) is 0.779. The van der Waals surface area contributed by atoms with Gasteiger partial charge in [0.25, 0.3) is 5.91 Å². The number of hydrogen-bond donors (Lipinski definition) is 1. The van der Waals surface area contributed by atoms with Gasteiger partial charge in [-0.15, -0.1) is 0 Å². The predicted molar refractivity (Wildman–Crippen MR) is 90.1 cm³/mol. The van der Waals surface area contributed by atoms with E-state index in [0.717, 1.165) is 25.2 Å². The average molecular weight is 340 g/mol. The Hall–Kier alpha value is -2.74. The summed E-state index contributed by atoms with van der Waals surface area (Å²) >= 11 is 0. The molecule has 0 unspecified atom stereocenters. The first kappa shape index (κ1) is 15.8. The van der Waals surface area contributed by atoms with Crippen LogP contribution >= 0.6 is 0 Å². The van der Waals surface area contributed by atoms with E-state index in [-0.39, 0.29) is 18.1 Å². The Bertz CT molecular complexity index is 853. The number of nitrogens with one attached hydrogen (secondary N) is 1. The number of rotatable bonds is 4. The highest BCUT2D eigenvalue weighted by Crippen LogP contribution is 2.27. The van der Waals surface area contributed by atoms with Gasteiger partial charge in [-0.2, -0.15) is 5.10 Å². The number of imidazole rings is 1. The molecule has 8 nitrogen and oxygen atoms in total. The van der Waals surface area contributed by atoms with Gasteiger partial charge in [-0.3, -0.25) is 4.79 Å². The van der Waals surface area contributed by atoms with Crippen LogP contribution in [0.1, 0.15) is 42.2 Å².